The number of carbonyl (C=O) groups excluding carboxylic acids is 1. The lowest BCUT2D eigenvalue weighted by Gasteiger charge is -2.22. The molecule has 1 atom stereocenters. The van der Waals surface area contributed by atoms with Gasteiger partial charge in [-0.25, -0.2) is 0 Å². The molecule has 0 saturated carbocycles. The molecule has 0 radical (unpaired) electrons. The molecule has 0 aromatic heterocycles. The summed E-state index contributed by atoms with van der Waals surface area (Å²) in [7, 11) is 0. The number of alkyl halides is 1. The molecule has 1 unspecified atom stereocenters. The van der Waals surface area contributed by atoms with E-state index in [1.54, 1.807) is 0 Å². The smallest absolute Gasteiger partial charge is 0.220 e. The third-order valence-corrected chi connectivity index (χ3v) is 3.16. The molecule has 1 aliphatic heterocycles. The van der Waals surface area contributed by atoms with Crippen molar-refractivity contribution >= 4 is 21.8 Å². The van der Waals surface area contributed by atoms with Crippen LogP contribution in [-0.4, -0.2) is 41.8 Å². The molecule has 1 N–H and O–H groups in total. The first-order chi connectivity index (χ1) is 6.77. The number of carbonyl (C=O) groups is 1. The summed E-state index contributed by atoms with van der Waals surface area (Å²) in [5.41, 5.74) is 0. The van der Waals surface area contributed by atoms with Gasteiger partial charge in [-0.3, -0.25) is 9.69 Å². The highest BCUT2D eigenvalue weighted by Gasteiger charge is 2.22. The normalized spacial score (nSPS) is 22.6. The Hall–Kier alpha value is -0.0900. The molecule has 4 heteroatoms. The highest BCUT2D eigenvalue weighted by molar-refractivity contribution is 9.09. The van der Waals surface area contributed by atoms with Crippen molar-refractivity contribution < 1.29 is 4.79 Å². The third-order valence-electron chi connectivity index (χ3n) is 2.76. The molecule has 1 aliphatic rings. The van der Waals surface area contributed by atoms with Crippen molar-refractivity contribution in [1.29, 1.82) is 0 Å². The molecule has 0 bridgehead atoms. The molecule has 0 aliphatic carbocycles. The second-order valence-corrected chi connectivity index (χ2v) is 4.46. The first kappa shape index (κ1) is 12.0. The maximum Gasteiger partial charge on any atom is 0.220 e. The molecule has 1 amide bonds. The zero-order chi connectivity index (χ0) is 10.4. The van der Waals surface area contributed by atoms with Crippen LogP contribution in [0, 0.1) is 0 Å². The van der Waals surface area contributed by atoms with E-state index >= 15 is 0 Å². The molecule has 0 aromatic rings. The number of halogens is 1. The minimum Gasteiger partial charge on any atom is -0.355 e. The van der Waals surface area contributed by atoms with Crippen molar-refractivity contribution in [3.8, 4) is 0 Å². The van der Waals surface area contributed by atoms with Gasteiger partial charge in [-0.2, -0.15) is 0 Å². The average Bonchev–Trinajstić information content (AvgIpc) is 2.62. The number of hydrogen-bond acceptors (Lipinski definition) is 2. The largest absolute Gasteiger partial charge is 0.355 e. The number of amides is 1. The third kappa shape index (κ3) is 3.58. The molecule has 1 saturated heterocycles. The minimum atomic E-state index is 0.157. The van der Waals surface area contributed by atoms with E-state index in [2.05, 4.69) is 33.1 Å². The standard InChI is InChI=1S/C10H19BrN2O/c1-2-13-7-3-4-9(13)8-12-10(14)5-6-11/h9H,2-8H2,1H3,(H,12,14). The van der Waals surface area contributed by atoms with E-state index in [4.69, 9.17) is 0 Å². The Labute approximate surface area is 94.4 Å². The topological polar surface area (TPSA) is 32.3 Å². The molecule has 1 fully saturated rings. The van der Waals surface area contributed by atoms with Gasteiger partial charge in [0.05, 0.1) is 0 Å². The number of rotatable bonds is 5. The van der Waals surface area contributed by atoms with Crippen LogP contribution in [0.5, 0.6) is 0 Å². The second-order valence-electron chi connectivity index (χ2n) is 3.67. The number of nitrogens with one attached hydrogen (secondary N) is 1. The van der Waals surface area contributed by atoms with Crippen LogP contribution in [0.2, 0.25) is 0 Å². The van der Waals surface area contributed by atoms with E-state index in [1.807, 2.05) is 0 Å². The number of likely N-dealkylation sites (tertiary alicyclic amines) is 1. The lowest BCUT2D eigenvalue weighted by molar-refractivity contribution is -0.120. The maximum atomic E-state index is 11.2. The summed E-state index contributed by atoms with van der Waals surface area (Å²) in [5, 5.41) is 3.73. The van der Waals surface area contributed by atoms with E-state index in [0.717, 1.165) is 18.4 Å². The van der Waals surface area contributed by atoms with E-state index < -0.39 is 0 Å². The summed E-state index contributed by atoms with van der Waals surface area (Å²) in [4.78, 5) is 13.7. The Kier molecular flexibility index (Phi) is 5.48. The Balaban J connectivity index is 2.20. The fourth-order valence-corrected chi connectivity index (χ4v) is 2.31. The van der Waals surface area contributed by atoms with Crippen LogP contribution in [0.25, 0.3) is 0 Å². The first-order valence-corrected chi connectivity index (χ1v) is 6.46. The van der Waals surface area contributed by atoms with Gasteiger partial charge in [0.2, 0.25) is 5.91 Å². The highest BCUT2D eigenvalue weighted by Crippen LogP contribution is 2.15. The van der Waals surface area contributed by atoms with E-state index in [-0.39, 0.29) is 5.91 Å². The molecule has 1 rings (SSSR count). The van der Waals surface area contributed by atoms with E-state index in [9.17, 15) is 4.79 Å². The Morgan fingerprint density at radius 2 is 2.43 bits per heavy atom. The molecular weight excluding hydrogens is 244 g/mol. The Morgan fingerprint density at radius 3 is 3.07 bits per heavy atom. The van der Waals surface area contributed by atoms with Crippen LogP contribution in [0.4, 0.5) is 0 Å². The SMILES string of the molecule is CCN1CCCC1CNC(=O)CCBr. The molecule has 0 spiro atoms. The van der Waals surface area contributed by atoms with Gasteiger partial charge in [-0.05, 0) is 25.9 Å². The summed E-state index contributed by atoms with van der Waals surface area (Å²) < 4.78 is 0. The average molecular weight is 263 g/mol. The van der Waals surface area contributed by atoms with Gasteiger partial charge in [0.25, 0.3) is 0 Å². The second kappa shape index (κ2) is 6.40. The van der Waals surface area contributed by atoms with Gasteiger partial charge >= 0.3 is 0 Å². The van der Waals surface area contributed by atoms with E-state index in [0.29, 0.717) is 12.5 Å². The minimum absolute atomic E-state index is 0.157. The van der Waals surface area contributed by atoms with Crippen molar-refractivity contribution in [3.63, 3.8) is 0 Å². The summed E-state index contributed by atoms with van der Waals surface area (Å²) in [6.07, 6.45) is 3.08. The number of likely N-dealkylation sites (N-methyl/N-ethyl adjacent to an activating group) is 1. The van der Waals surface area contributed by atoms with Crippen molar-refractivity contribution in [2.24, 2.45) is 0 Å². The zero-order valence-corrected chi connectivity index (χ0v) is 10.3. The lowest BCUT2D eigenvalue weighted by atomic mass is 10.2. The van der Waals surface area contributed by atoms with Gasteiger partial charge in [-0.15, -0.1) is 0 Å². The fourth-order valence-electron chi connectivity index (χ4n) is 1.95. The van der Waals surface area contributed by atoms with Gasteiger partial charge < -0.3 is 5.32 Å². The van der Waals surface area contributed by atoms with Crippen molar-refractivity contribution in [2.45, 2.75) is 32.2 Å². The van der Waals surface area contributed by atoms with Gasteiger partial charge in [0.15, 0.2) is 0 Å². The summed E-state index contributed by atoms with van der Waals surface area (Å²) >= 11 is 3.26. The molecule has 14 heavy (non-hydrogen) atoms. The Bertz CT molecular complexity index is 187. The van der Waals surface area contributed by atoms with Crippen LogP contribution in [0.15, 0.2) is 0 Å². The zero-order valence-electron chi connectivity index (χ0n) is 8.76. The predicted octanol–water partition coefficient (Wildman–Crippen LogP) is 1.37. The van der Waals surface area contributed by atoms with Crippen LogP contribution in [-0.2, 0) is 4.79 Å². The van der Waals surface area contributed by atoms with Gasteiger partial charge in [-0.1, -0.05) is 22.9 Å². The summed E-state index contributed by atoms with van der Waals surface area (Å²) in [6.45, 7) is 5.28. The van der Waals surface area contributed by atoms with Gasteiger partial charge in [0.1, 0.15) is 0 Å². The van der Waals surface area contributed by atoms with Crippen LogP contribution < -0.4 is 5.32 Å². The summed E-state index contributed by atoms with van der Waals surface area (Å²) in [5.74, 6) is 0.157. The van der Waals surface area contributed by atoms with Crippen molar-refractivity contribution in [2.75, 3.05) is 25.0 Å². The number of nitrogens with zero attached hydrogens (tertiary/aromatic N) is 1. The van der Waals surface area contributed by atoms with E-state index in [1.165, 1.54) is 19.4 Å². The predicted molar refractivity (Wildman–Crippen MR) is 61.7 cm³/mol. The van der Waals surface area contributed by atoms with Crippen molar-refractivity contribution in [1.82, 2.24) is 10.2 Å². The fraction of sp³-hybridized carbons (Fsp3) is 0.900. The summed E-state index contributed by atoms with van der Waals surface area (Å²) in [6, 6.07) is 0.569. The highest BCUT2D eigenvalue weighted by atomic mass is 79.9. The van der Waals surface area contributed by atoms with Crippen LogP contribution in [0.3, 0.4) is 0 Å². The Morgan fingerprint density at radius 1 is 1.64 bits per heavy atom. The lowest BCUT2D eigenvalue weighted by Crippen LogP contribution is -2.40. The quantitative estimate of drug-likeness (QED) is 0.760. The maximum absolute atomic E-state index is 11.2. The molecule has 3 nitrogen and oxygen atoms in total. The molecule has 1 heterocycles. The molecular formula is C10H19BrN2O. The first-order valence-electron chi connectivity index (χ1n) is 5.34. The molecule has 0 aromatic carbocycles. The van der Waals surface area contributed by atoms with Crippen LogP contribution in [0.1, 0.15) is 26.2 Å². The number of hydrogen-bond donors (Lipinski definition) is 1. The monoisotopic (exact) mass is 262 g/mol. The van der Waals surface area contributed by atoms with Crippen molar-refractivity contribution in [3.05, 3.63) is 0 Å². The molecule has 82 valence electrons. The van der Waals surface area contributed by atoms with Gasteiger partial charge in [0, 0.05) is 24.3 Å². The van der Waals surface area contributed by atoms with Crippen LogP contribution >= 0.6 is 15.9 Å².